The topological polar surface area (TPSA) is 50.9 Å². The van der Waals surface area contributed by atoms with Gasteiger partial charge in [0.15, 0.2) is 0 Å². The molecule has 2 aromatic rings. The maximum atomic E-state index is 6.01. The van der Waals surface area contributed by atoms with E-state index in [1.54, 1.807) is 6.20 Å². The van der Waals surface area contributed by atoms with Crippen molar-refractivity contribution in [3.05, 3.63) is 56.6 Å². The fraction of sp³-hybridized carbons (Fsp3) is 0.214. The molecule has 1 aromatic heterocycles. The minimum Gasteiger partial charge on any atom is -0.383 e. The third kappa shape index (κ3) is 3.08. The van der Waals surface area contributed by atoms with Gasteiger partial charge in [0.1, 0.15) is 5.82 Å². The highest BCUT2D eigenvalue weighted by Crippen LogP contribution is 2.30. The van der Waals surface area contributed by atoms with Crippen LogP contribution in [-0.2, 0) is 0 Å². The number of aromatic nitrogens is 1. The number of nitrogens with zero attached hydrogens (tertiary/aromatic N) is 1. The zero-order valence-electron chi connectivity index (χ0n) is 10.7. The number of anilines is 1. The SMILES string of the molecule is CNC(c1ccc(C)c(Br)c1)c1cc(Cl)cnc1N. The van der Waals surface area contributed by atoms with E-state index < -0.39 is 0 Å². The summed E-state index contributed by atoms with van der Waals surface area (Å²) in [7, 11) is 1.89. The van der Waals surface area contributed by atoms with E-state index >= 15 is 0 Å². The number of nitrogens with two attached hydrogens (primary N) is 1. The van der Waals surface area contributed by atoms with Crippen molar-refractivity contribution in [2.24, 2.45) is 0 Å². The average Bonchev–Trinajstić information content (AvgIpc) is 2.38. The summed E-state index contributed by atoms with van der Waals surface area (Å²) < 4.78 is 1.07. The monoisotopic (exact) mass is 339 g/mol. The molecule has 0 saturated carbocycles. The number of hydrogen-bond acceptors (Lipinski definition) is 3. The Morgan fingerprint density at radius 2 is 2.11 bits per heavy atom. The molecule has 3 nitrogen and oxygen atoms in total. The van der Waals surface area contributed by atoms with Gasteiger partial charge in [-0.1, -0.05) is 39.7 Å². The van der Waals surface area contributed by atoms with Gasteiger partial charge in [-0.3, -0.25) is 0 Å². The average molecular weight is 341 g/mol. The Morgan fingerprint density at radius 1 is 1.37 bits per heavy atom. The molecule has 0 spiro atoms. The summed E-state index contributed by atoms with van der Waals surface area (Å²) in [5.41, 5.74) is 9.13. The number of nitrogen functional groups attached to an aromatic ring is 1. The molecule has 0 bridgehead atoms. The van der Waals surface area contributed by atoms with Crippen molar-refractivity contribution in [2.75, 3.05) is 12.8 Å². The normalized spacial score (nSPS) is 12.4. The summed E-state index contributed by atoms with van der Waals surface area (Å²) in [6.45, 7) is 2.05. The van der Waals surface area contributed by atoms with Gasteiger partial charge < -0.3 is 11.1 Å². The van der Waals surface area contributed by atoms with Gasteiger partial charge in [-0.2, -0.15) is 0 Å². The largest absolute Gasteiger partial charge is 0.383 e. The Balaban J connectivity index is 2.49. The maximum absolute atomic E-state index is 6.01. The fourth-order valence-corrected chi connectivity index (χ4v) is 2.55. The second-order valence-electron chi connectivity index (χ2n) is 4.36. The lowest BCUT2D eigenvalue weighted by atomic mass is 9.98. The van der Waals surface area contributed by atoms with E-state index in [0.717, 1.165) is 15.6 Å². The smallest absolute Gasteiger partial charge is 0.128 e. The summed E-state index contributed by atoms with van der Waals surface area (Å²) in [6.07, 6.45) is 1.55. The lowest BCUT2D eigenvalue weighted by molar-refractivity contribution is 0.690. The van der Waals surface area contributed by atoms with Crippen LogP contribution in [0.2, 0.25) is 5.02 Å². The van der Waals surface area contributed by atoms with Crippen LogP contribution >= 0.6 is 27.5 Å². The summed E-state index contributed by atoms with van der Waals surface area (Å²) in [5, 5.41) is 3.83. The molecule has 5 heteroatoms. The fourth-order valence-electron chi connectivity index (χ4n) is 1.99. The third-order valence-electron chi connectivity index (χ3n) is 3.05. The van der Waals surface area contributed by atoms with Crippen LogP contribution in [0.4, 0.5) is 5.82 Å². The van der Waals surface area contributed by atoms with Gasteiger partial charge in [0.05, 0.1) is 11.1 Å². The molecule has 0 aliphatic rings. The molecule has 19 heavy (non-hydrogen) atoms. The standard InChI is InChI=1S/C14H15BrClN3/c1-8-3-4-9(5-12(8)15)13(18-2)11-6-10(16)7-19-14(11)17/h3-7,13,18H,1-2H3,(H2,17,19). The molecule has 2 rings (SSSR count). The van der Waals surface area contributed by atoms with Gasteiger partial charge >= 0.3 is 0 Å². The molecule has 0 aliphatic carbocycles. The van der Waals surface area contributed by atoms with Crippen LogP contribution in [0.3, 0.4) is 0 Å². The molecule has 3 N–H and O–H groups in total. The van der Waals surface area contributed by atoms with Gasteiger partial charge in [0.25, 0.3) is 0 Å². The van der Waals surface area contributed by atoms with Crippen LogP contribution in [-0.4, -0.2) is 12.0 Å². The zero-order valence-corrected chi connectivity index (χ0v) is 13.1. The van der Waals surface area contributed by atoms with Gasteiger partial charge in [0.2, 0.25) is 0 Å². The van der Waals surface area contributed by atoms with Crippen LogP contribution in [0.25, 0.3) is 0 Å². The number of hydrogen-bond donors (Lipinski definition) is 2. The molecule has 0 aliphatic heterocycles. The van der Waals surface area contributed by atoms with Crippen molar-refractivity contribution in [3.63, 3.8) is 0 Å². The van der Waals surface area contributed by atoms with E-state index in [1.165, 1.54) is 5.56 Å². The highest BCUT2D eigenvalue weighted by Gasteiger charge is 2.16. The van der Waals surface area contributed by atoms with Gasteiger partial charge in [-0.15, -0.1) is 0 Å². The van der Waals surface area contributed by atoms with Crippen molar-refractivity contribution in [3.8, 4) is 0 Å². The van der Waals surface area contributed by atoms with Crippen molar-refractivity contribution in [1.29, 1.82) is 0 Å². The Hall–Kier alpha value is -1.10. The molecule has 0 fully saturated rings. The van der Waals surface area contributed by atoms with Crippen LogP contribution in [0.1, 0.15) is 22.7 Å². The minimum absolute atomic E-state index is 0.0388. The van der Waals surface area contributed by atoms with Gasteiger partial charge in [-0.05, 0) is 37.2 Å². The van der Waals surface area contributed by atoms with Gasteiger partial charge in [0, 0.05) is 16.2 Å². The molecule has 0 amide bonds. The third-order valence-corrected chi connectivity index (χ3v) is 4.11. The summed E-state index contributed by atoms with van der Waals surface area (Å²) in [6, 6.07) is 8.03. The molecule has 0 radical (unpaired) electrons. The molecular weight excluding hydrogens is 326 g/mol. The van der Waals surface area contributed by atoms with E-state index in [9.17, 15) is 0 Å². The Morgan fingerprint density at radius 3 is 2.74 bits per heavy atom. The summed E-state index contributed by atoms with van der Waals surface area (Å²) in [5.74, 6) is 0.487. The van der Waals surface area contributed by atoms with Crippen molar-refractivity contribution in [1.82, 2.24) is 10.3 Å². The maximum Gasteiger partial charge on any atom is 0.128 e. The van der Waals surface area contributed by atoms with Gasteiger partial charge in [-0.25, -0.2) is 4.98 Å². The Bertz CT molecular complexity index is 601. The van der Waals surface area contributed by atoms with Crippen molar-refractivity contribution in [2.45, 2.75) is 13.0 Å². The first-order valence-electron chi connectivity index (χ1n) is 5.87. The Labute approximate surface area is 126 Å². The summed E-state index contributed by atoms with van der Waals surface area (Å²) in [4.78, 5) is 4.11. The first-order valence-corrected chi connectivity index (χ1v) is 7.04. The minimum atomic E-state index is -0.0388. The lowest BCUT2D eigenvalue weighted by Crippen LogP contribution is -2.19. The van der Waals surface area contributed by atoms with E-state index in [0.29, 0.717) is 10.8 Å². The lowest BCUT2D eigenvalue weighted by Gasteiger charge is -2.19. The highest BCUT2D eigenvalue weighted by atomic mass is 79.9. The zero-order chi connectivity index (χ0) is 14.0. The molecule has 1 heterocycles. The van der Waals surface area contributed by atoms with E-state index in [1.807, 2.05) is 13.1 Å². The number of pyridine rings is 1. The Kier molecular flexibility index (Phi) is 4.45. The van der Waals surface area contributed by atoms with Crippen LogP contribution in [0.15, 0.2) is 34.9 Å². The number of benzene rings is 1. The van der Waals surface area contributed by atoms with Crippen molar-refractivity contribution < 1.29 is 0 Å². The highest BCUT2D eigenvalue weighted by molar-refractivity contribution is 9.10. The van der Waals surface area contributed by atoms with Crippen LogP contribution in [0.5, 0.6) is 0 Å². The summed E-state index contributed by atoms with van der Waals surface area (Å²) >= 11 is 9.56. The molecule has 1 aromatic carbocycles. The molecule has 1 unspecified atom stereocenters. The van der Waals surface area contributed by atoms with E-state index in [-0.39, 0.29) is 6.04 Å². The first kappa shape index (κ1) is 14.3. The number of rotatable bonds is 3. The number of aryl methyl sites for hydroxylation is 1. The van der Waals surface area contributed by atoms with E-state index in [2.05, 4.69) is 51.4 Å². The van der Waals surface area contributed by atoms with Crippen LogP contribution < -0.4 is 11.1 Å². The predicted octanol–water partition coefficient (Wildman–Crippen LogP) is 3.70. The van der Waals surface area contributed by atoms with E-state index in [4.69, 9.17) is 17.3 Å². The predicted molar refractivity (Wildman–Crippen MR) is 83.4 cm³/mol. The number of nitrogens with one attached hydrogen (secondary N) is 1. The second-order valence-corrected chi connectivity index (χ2v) is 5.65. The first-order chi connectivity index (χ1) is 9.02. The molecule has 0 saturated heterocycles. The molecular formula is C14H15BrClN3. The van der Waals surface area contributed by atoms with Crippen molar-refractivity contribution >= 4 is 33.3 Å². The quantitative estimate of drug-likeness (QED) is 0.896. The molecule has 100 valence electrons. The second kappa shape index (κ2) is 5.90. The molecule has 1 atom stereocenters. The number of halogens is 2. The van der Waals surface area contributed by atoms with Crippen LogP contribution in [0, 0.1) is 6.92 Å².